The quantitative estimate of drug-likeness (QED) is 0.148. The van der Waals surface area contributed by atoms with E-state index in [1.165, 1.54) is 98.6 Å². The van der Waals surface area contributed by atoms with Crippen LogP contribution in [0.25, 0.3) is 126 Å². The van der Waals surface area contributed by atoms with E-state index in [0.717, 1.165) is 55.8 Å². The van der Waals surface area contributed by atoms with E-state index in [4.69, 9.17) is 4.42 Å². The van der Waals surface area contributed by atoms with Gasteiger partial charge < -0.3 is 13.9 Å². The summed E-state index contributed by atoms with van der Waals surface area (Å²) in [5, 5.41) is 12.1. The minimum Gasteiger partial charge on any atom is -0.454 e. The Kier molecular flexibility index (Phi) is 9.68. The van der Waals surface area contributed by atoms with Crippen molar-refractivity contribution in [3.63, 3.8) is 0 Å². The summed E-state index contributed by atoms with van der Waals surface area (Å²) < 4.78 is 9.22. The number of aromatic nitrogens is 1. The molecule has 0 spiro atoms. The lowest BCUT2D eigenvalue weighted by Crippen LogP contribution is -2.14. The number of hydrogen-bond acceptors (Lipinski definition) is 2. The third-order valence-corrected chi connectivity index (χ3v) is 17.0. The van der Waals surface area contributed by atoms with Gasteiger partial charge in [0.05, 0.1) is 16.7 Å². The van der Waals surface area contributed by atoms with E-state index < -0.39 is 0 Å². The predicted octanol–water partition coefficient (Wildman–Crippen LogP) is 20.9. The van der Waals surface area contributed by atoms with Crippen LogP contribution in [-0.2, 0) is 5.41 Å². The Balaban J connectivity index is 0.849. The largest absolute Gasteiger partial charge is 0.454 e. The number of hydrogen-bond donors (Lipinski definition) is 0. The van der Waals surface area contributed by atoms with Crippen LogP contribution in [0.2, 0.25) is 0 Å². The van der Waals surface area contributed by atoms with Gasteiger partial charge in [0.25, 0.3) is 0 Å². The van der Waals surface area contributed by atoms with E-state index in [-0.39, 0.29) is 5.41 Å². The van der Waals surface area contributed by atoms with Crippen LogP contribution in [0.15, 0.2) is 271 Å². The van der Waals surface area contributed by atoms with Gasteiger partial charge in [-0.05, 0) is 167 Å². The van der Waals surface area contributed by atoms with Crippen LogP contribution < -0.4 is 4.90 Å². The maximum Gasteiger partial charge on any atom is 0.159 e. The van der Waals surface area contributed by atoms with E-state index in [0.29, 0.717) is 0 Å². The highest BCUT2D eigenvalue weighted by Gasteiger charge is 2.35. The molecule has 3 heteroatoms. The topological polar surface area (TPSA) is 21.3 Å². The van der Waals surface area contributed by atoms with E-state index in [1.54, 1.807) is 0 Å². The van der Waals surface area contributed by atoms with Crippen molar-refractivity contribution in [3.05, 3.63) is 278 Å². The van der Waals surface area contributed by atoms with Crippen LogP contribution >= 0.6 is 0 Å². The number of fused-ring (bicyclic) bond motifs is 15. The van der Waals surface area contributed by atoms with Crippen LogP contribution in [0, 0.1) is 0 Å². The normalized spacial score (nSPS) is 12.8. The molecule has 366 valence electrons. The number of rotatable bonds is 7. The summed E-state index contributed by atoms with van der Waals surface area (Å²) in [4.78, 5) is 2.37. The van der Waals surface area contributed by atoms with Gasteiger partial charge in [0.2, 0.25) is 0 Å². The van der Waals surface area contributed by atoms with Crippen LogP contribution in [-0.4, -0.2) is 4.57 Å². The fraction of sp³-hybridized carbons (Fsp3) is 0.0400. The van der Waals surface area contributed by atoms with Gasteiger partial charge in [-0.1, -0.05) is 202 Å². The van der Waals surface area contributed by atoms with E-state index in [1.807, 2.05) is 6.07 Å². The molecule has 15 aromatic rings. The summed E-state index contributed by atoms with van der Waals surface area (Å²) in [5.74, 6) is 0. The van der Waals surface area contributed by atoms with Crippen LogP contribution in [0.1, 0.15) is 25.0 Å². The summed E-state index contributed by atoms with van der Waals surface area (Å²) in [6.45, 7) is 4.72. The molecule has 0 atom stereocenters. The highest BCUT2D eigenvalue weighted by atomic mass is 16.3. The summed E-state index contributed by atoms with van der Waals surface area (Å²) in [6.07, 6.45) is 0. The molecule has 0 radical (unpaired) electrons. The number of para-hydroxylation sites is 2. The molecule has 0 saturated heterocycles. The van der Waals surface area contributed by atoms with Gasteiger partial charge >= 0.3 is 0 Å². The molecule has 0 bridgehead atoms. The molecular weight excluding hydrogens is 945 g/mol. The standard InChI is InChI=1S/C75H50N2O/c1-75(2)68-24-12-10-21-61(68)62-39-31-52(45-69(62)75)51-33-42-71-67(44-51)66-43-50(32-41-70(66)77(71)54-36-27-48(28-37-54)47-15-4-3-5-16-47)49-29-34-53(35-30-49)76(72-25-14-23-64-63-22-11-13-26-73(63)78-74(64)72)55-38-40-60-58-19-7-6-17-56(58)57-18-8-9-20-59(57)65(60)46-55/h3-46H,1-2H3. The van der Waals surface area contributed by atoms with E-state index in [9.17, 15) is 0 Å². The maximum absolute atomic E-state index is 6.79. The second-order valence-corrected chi connectivity index (χ2v) is 21.6. The van der Waals surface area contributed by atoms with Crippen LogP contribution in [0.3, 0.4) is 0 Å². The molecule has 2 aromatic heterocycles. The maximum atomic E-state index is 6.79. The zero-order valence-electron chi connectivity index (χ0n) is 43.2. The molecule has 16 rings (SSSR count). The second-order valence-electron chi connectivity index (χ2n) is 21.6. The Morgan fingerprint density at radius 3 is 1.54 bits per heavy atom. The fourth-order valence-electron chi connectivity index (χ4n) is 13.2. The lowest BCUT2D eigenvalue weighted by Gasteiger charge is -2.26. The second kappa shape index (κ2) is 17.0. The average molecular weight is 995 g/mol. The Labute approximate surface area is 452 Å². The van der Waals surface area contributed by atoms with E-state index in [2.05, 4.69) is 284 Å². The lowest BCUT2D eigenvalue weighted by atomic mass is 9.81. The van der Waals surface area contributed by atoms with Crippen LogP contribution in [0.5, 0.6) is 0 Å². The number of anilines is 3. The lowest BCUT2D eigenvalue weighted by molar-refractivity contribution is 0.660. The minimum atomic E-state index is -0.0874. The molecule has 0 aliphatic heterocycles. The smallest absolute Gasteiger partial charge is 0.159 e. The Morgan fingerprint density at radius 2 is 0.821 bits per heavy atom. The molecule has 1 aliphatic rings. The van der Waals surface area contributed by atoms with Crippen molar-refractivity contribution in [2.24, 2.45) is 0 Å². The third-order valence-electron chi connectivity index (χ3n) is 17.0. The van der Waals surface area contributed by atoms with Crippen molar-refractivity contribution in [3.8, 4) is 50.2 Å². The fourth-order valence-corrected chi connectivity index (χ4v) is 13.2. The first-order valence-corrected chi connectivity index (χ1v) is 27.1. The van der Waals surface area contributed by atoms with Crippen molar-refractivity contribution >= 4 is 93.1 Å². The number of furan rings is 1. The molecule has 3 nitrogen and oxygen atoms in total. The van der Waals surface area contributed by atoms with Gasteiger partial charge in [-0.2, -0.15) is 0 Å². The Bertz CT molecular complexity index is 4890. The molecule has 0 fully saturated rings. The van der Waals surface area contributed by atoms with Gasteiger partial charge in [0, 0.05) is 44.0 Å². The molecule has 78 heavy (non-hydrogen) atoms. The van der Waals surface area contributed by atoms with Gasteiger partial charge in [-0.3, -0.25) is 0 Å². The number of nitrogens with zero attached hydrogens (tertiary/aromatic N) is 2. The highest BCUT2D eigenvalue weighted by molar-refractivity contribution is 6.26. The highest BCUT2D eigenvalue weighted by Crippen LogP contribution is 2.50. The first-order valence-electron chi connectivity index (χ1n) is 27.1. The van der Waals surface area contributed by atoms with Crippen LogP contribution in [0.4, 0.5) is 17.1 Å². The summed E-state index contributed by atoms with van der Waals surface area (Å²) in [7, 11) is 0. The summed E-state index contributed by atoms with van der Waals surface area (Å²) in [5.41, 5.74) is 20.8. The molecule has 0 N–H and O–H groups in total. The van der Waals surface area contributed by atoms with Gasteiger partial charge in [-0.15, -0.1) is 0 Å². The monoisotopic (exact) mass is 994 g/mol. The molecule has 0 amide bonds. The number of benzene rings is 13. The molecule has 1 aliphatic carbocycles. The average Bonchev–Trinajstić information content (AvgIpc) is 4.28. The van der Waals surface area contributed by atoms with E-state index >= 15 is 0 Å². The third kappa shape index (κ3) is 6.71. The first-order chi connectivity index (χ1) is 38.4. The molecular formula is C75H50N2O. The Morgan fingerprint density at radius 1 is 0.321 bits per heavy atom. The minimum absolute atomic E-state index is 0.0874. The molecule has 0 saturated carbocycles. The SMILES string of the molecule is CC1(C)c2ccccc2-c2ccc(-c3ccc4c(c3)c3cc(-c5ccc(N(c6ccc7c8ccccc8c8ccccc8c7c6)c6cccc7c6oc6ccccc67)cc5)ccc3n4-c3ccc(-c4ccccc4)cc3)cc21. The summed E-state index contributed by atoms with van der Waals surface area (Å²) in [6, 6.07) is 98.2. The van der Waals surface area contributed by atoms with Crippen molar-refractivity contribution in [2.75, 3.05) is 4.90 Å². The molecule has 0 unspecified atom stereocenters. The Hall–Kier alpha value is -9.96. The van der Waals surface area contributed by atoms with Crippen molar-refractivity contribution in [1.29, 1.82) is 0 Å². The molecule has 13 aromatic carbocycles. The van der Waals surface area contributed by atoms with Gasteiger partial charge in [-0.25, -0.2) is 0 Å². The summed E-state index contributed by atoms with van der Waals surface area (Å²) >= 11 is 0. The van der Waals surface area contributed by atoms with Gasteiger partial charge in [0.15, 0.2) is 5.58 Å². The van der Waals surface area contributed by atoms with Crippen molar-refractivity contribution < 1.29 is 4.42 Å². The van der Waals surface area contributed by atoms with Gasteiger partial charge in [0.1, 0.15) is 5.58 Å². The zero-order chi connectivity index (χ0) is 51.6. The first kappa shape index (κ1) is 44.3. The molecule has 2 heterocycles. The van der Waals surface area contributed by atoms with Crippen molar-refractivity contribution in [2.45, 2.75) is 19.3 Å². The van der Waals surface area contributed by atoms with Crippen molar-refractivity contribution in [1.82, 2.24) is 4.57 Å². The zero-order valence-corrected chi connectivity index (χ0v) is 43.2. The predicted molar refractivity (Wildman–Crippen MR) is 329 cm³/mol.